The Morgan fingerprint density at radius 1 is 0.902 bits per heavy atom. The van der Waals surface area contributed by atoms with E-state index in [0.29, 0.717) is 28.0 Å². The number of aryl methyl sites for hydroxylation is 3. The van der Waals surface area contributed by atoms with Crippen LogP contribution in [0.4, 0.5) is 18.9 Å². The number of fused-ring (bicyclic) bond motifs is 1. The predicted molar refractivity (Wildman–Crippen MR) is 157 cm³/mol. The molecule has 0 aliphatic rings. The topological polar surface area (TPSA) is 64.0 Å². The molecule has 0 saturated heterocycles. The average Bonchev–Trinajstić information content (AvgIpc) is 2.95. The Hall–Kier alpha value is -4.98. The summed E-state index contributed by atoms with van der Waals surface area (Å²) in [5.41, 5.74) is 4.53. The van der Waals surface area contributed by atoms with E-state index in [1.165, 1.54) is 17.7 Å². The van der Waals surface area contributed by atoms with Gasteiger partial charge in [0.1, 0.15) is 0 Å². The lowest BCUT2D eigenvalue weighted by molar-refractivity contribution is -0.137. The third kappa shape index (κ3) is 5.96. The Labute approximate surface area is 234 Å². The van der Waals surface area contributed by atoms with Crippen molar-refractivity contribution in [2.45, 2.75) is 20.0 Å². The highest BCUT2D eigenvalue weighted by atomic mass is 19.4. The molecule has 0 unspecified atom stereocenters. The van der Waals surface area contributed by atoms with Gasteiger partial charge in [0.15, 0.2) is 0 Å². The normalized spacial score (nSPS) is 11.8. The van der Waals surface area contributed by atoms with E-state index < -0.39 is 17.6 Å². The van der Waals surface area contributed by atoms with Gasteiger partial charge in [-0.25, -0.2) is 0 Å². The van der Waals surface area contributed by atoms with Crippen LogP contribution in [-0.4, -0.2) is 15.5 Å². The van der Waals surface area contributed by atoms with E-state index in [4.69, 9.17) is 0 Å². The molecule has 2 aromatic heterocycles. The van der Waals surface area contributed by atoms with Crippen molar-refractivity contribution in [1.82, 2.24) is 9.55 Å². The molecule has 0 bridgehead atoms. The summed E-state index contributed by atoms with van der Waals surface area (Å²) in [5.74, 6) is -0.687. The molecule has 5 aromatic rings. The maximum absolute atomic E-state index is 13.5. The first-order valence-electron chi connectivity index (χ1n) is 12.8. The van der Waals surface area contributed by atoms with Crippen LogP contribution in [-0.2, 0) is 13.2 Å². The van der Waals surface area contributed by atoms with Gasteiger partial charge in [0, 0.05) is 35.4 Å². The lowest BCUT2D eigenvalue weighted by Gasteiger charge is -2.14. The first kappa shape index (κ1) is 27.6. The molecule has 0 radical (unpaired) electrons. The van der Waals surface area contributed by atoms with Gasteiger partial charge in [-0.1, -0.05) is 48.0 Å². The third-order valence-corrected chi connectivity index (χ3v) is 6.89. The summed E-state index contributed by atoms with van der Waals surface area (Å²) in [7, 11) is 1.69. The minimum absolute atomic E-state index is 0.123. The van der Waals surface area contributed by atoms with Crippen molar-refractivity contribution >= 4 is 34.6 Å². The lowest BCUT2D eigenvalue weighted by atomic mass is 9.99. The van der Waals surface area contributed by atoms with E-state index in [-0.39, 0.29) is 11.1 Å². The van der Waals surface area contributed by atoms with Crippen molar-refractivity contribution < 1.29 is 18.0 Å². The van der Waals surface area contributed by atoms with Gasteiger partial charge >= 0.3 is 6.18 Å². The van der Waals surface area contributed by atoms with Crippen LogP contribution in [0.2, 0.25) is 0 Å². The smallest absolute Gasteiger partial charge is 0.322 e. The maximum Gasteiger partial charge on any atom is 0.416 e. The molecule has 3 aromatic carbocycles. The van der Waals surface area contributed by atoms with Crippen molar-refractivity contribution in [3.63, 3.8) is 0 Å². The fourth-order valence-electron chi connectivity index (χ4n) is 4.55. The Morgan fingerprint density at radius 3 is 2.39 bits per heavy atom. The molecule has 41 heavy (non-hydrogen) atoms. The number of nitrogens with zero attached hydrogens (tertiary/aromatic N) is 2. The molecule has 0 aliphatic heterocycles. The number of anilines is 1. The summed E-state index contributed by atoms with van der Waals surface area (Å²) in [6.45, 7) is 3.87. The standard InChI is InChI=1S/C33H26F3N3O2/c1-20-7-10-22(11-8-20)12-14-26-18-30-24(19-37-26)16-29(32(41)39(30)3)28-17-27(13-9-21(28)2)38-31(40)23-5-4-6-25(15-23)33(34,35)36/h4-19H,1-3H3,(H,38,40). The molecule has 0 aliphatic carbocycles. The molecule has 0 saturated carbocycles. The van der Waals surface area contributed by atoms with Crippen molar-refractivity contribution in [3.05, 3.63) is 129 Å². The Balaban J connectivity index is 1.46. The Kier molecular flexibility index (Phi) is 7.32. The summed E-state index contributed by atoms with van der Waals surface area (Å²) in [6, 6.07) is 21.0. The molecule has 206 valence electrons. The van der Waals surface area contributed by atoms with E-state index in [0.717, 1.165) is 28.6 Å². The monoisotopic (exact) mass is 553 g/mol. The second-order valence-electron chi connectivity index (χ2n) is 9.90. The summed E-state index contributed by atoms with van der Waals surface area (Å²) in [6.07, 6.45) is 1.00. The molecule has 5 nitrogen and oxygen atoms in total. The number of hydrogen-bond donors (Lipinski definition) is 1. The summed E-state index contributed by atoms with van der Waals surface area (Å²) < 4.78 is 40.8. The number of carbonyl (C=O) groups is 1. The summed E-state index contributed by atoms with van der Waals surface area (Å²) >= 11 is 0. The van der Waals surface area contributed by atoms with Crippen LogP contribution in [0.1, 0.15) is 38.3 Å². The van der Waals surface area contributed by atoms with Crippen molar-refractivity contribution in [1.29, 1.82) is 0 Å². The number of aromatic nitrogens is 2. The number of benzene rings is 3. The lowest BCUT2D eigenvalue weighted by Crippen LogP contribution is -2.19. The molecule has 8 heteroatoms. The largest absolute Gasteiger partial charge is 0.416 e. The predicted octanol–water partition coefficient (Wildman–Crippen LogP) is 7.66. The number of alkyl halides is 3. The van der Waals surface area contributed by atoms with Crippen molar-refractivity contribution in [2.24, 2.45) is 7.05 Å². The van der Waals surface area contributed by atoms with E-state index in [9.17, 15) is 22.8 Å². The molecule has 0 spiro atoms. The minimum Gasteiger partial charge on any atom is -0.322 e. The van der Waals surface area contributed by atoms with Crippen LogP contribution < -0.4 is 10.9 Å². The zero-order valence-electron chi connectivity index (χ0n) is 22.6. The maximum atomic E-state index is 13.5. The van der Waals surface area contributed by atoms with Crippen LogP contribution in [0, 0.1) is 13.8 Å². The van der Waals surface area contributed by atoms with E-state index in [2.05, 4.69) is 10.3 Å². The van der Waals surface area contributed by atoms with Gasteiger partial charge in [0.2, 0.25) is 0 Å². The van der Waals surface area contributed by atoms with Crippen molar-refractivity contribution in [2.75, 3.05) is 5.32 Å². The van der Waals surface area contributed by atoms with E-state index >= 15 is 0 Å². The van der Waals surface area contributed by atoms with E-state index in [1.807, 2.05) is 56.3 Å². The van der Waals surface area contributed by atoms with Gasteiger partial charge in [-0.2, -0.15) is 13.2 Å². The SMILES string of the molecule is Cc1ccc(C=Cc2cc3c(cn2)cc(-c2cc(NC(=O)c4cccc(C(F)(F)F)c4)ccc2C)c(=O)n3C)cc1. The second kappa shape index (κ2) is 10.9. The number of carbonyl (C=O) groups excluding carboxylic acids is 1. The molecule has 2 heterocycles. The molecular weight excluding hydrogens is 527 g/mol. The zero-order valence-corrected chi connectivity index (χ0v) is 22.6. The first-order chi connectivity index (χ1) is 19.5. The average molecular weight is 554 g/mol. The third-order valence-electron chi connectivity index (χ3n) is 6.89. The minimum atomic E-state index is -4.56. The molecule has 1 amide bonds. The number of halogens is 3. The van der Waals surface area contributed by atoms with Gasteiger partial charge in [-0.3, -0.25) is 14.6 Å². The number of nitrogens with one attached hydrogen (secondary N) is 1. The quantitative estimate of drug-likeness (QED) is 0.243. The zero-order chi connectivity index (χ0) is 29.3. The van der Waals surface area contributed by atoms with Gasteiger partial charge < -0.3 is 9.88 Å². The Morgan fingerprint density at radius 2 is 1.66 bits per heavy atom. The fourth-order valence-corrected chi connectivity index (χ4v) is 4.55. The van der Waals surface area contributed by atoms with E-state index in [1.54, 1.807) is 42.1 Å². The van der Waals surface area contributed by atoms with Gasteiger partial charge in [-0.05, 0) is 79.1 Å². The number of pyridine rings is 2. The number of amides is 1. The summed E-state index contributed by atoms with van der Waals surface area (Å²) in [5, 5.41) is 3.41. The van der Waals surface area contributed by atoms with Gasteiger partial charge in [-0.15, -0.1) is 0 Å². The molecule has 0 fully saturated rings. The highest BCUT2D eigenvalue weighted by Crippen LogP contribution is 2.30. The molecule has 1 N–H and O–H groups in total. The van der Waals surface area contributed by atoms with Crippen molar-refractivity contribution in [3.8, 4) is 11.1 Å². The van der Waals surface area contributed by atoms with Gasteiger partial charge in [0.05, 0.1) is 16.8 Å². The summed E-state index contributed by atoms with van der Waals surface area (Å²) in [4.78, 5) is 30.8. The molecule has 0 atom stereocenters. The van der Waals surface area contributed by atoms with Crippen LogP contribution in [0.5, 0.6) is 0 Å². The molecular formula is C33H26F3N3O2. The van der Waals surface area contributed by atoms with Crippen LogP contribution in [0.15, 0.2) is 89.9 Å². The highest BCUT2D eigenvalue weighted by molar-refractivity contribution is 6.04. The molecule has 5 rings (SSSR count). The number of rotatable bonds is 5. The number of hydrogen-bond acceptors (Lipinski definition) is 3. The first-order valence-corrected chi connectivity index (χ1v) is 12.8. The van der Waals surface area contributed by atoms with Gasteiger partial charge in [0.25, 0.3) is 11.5 Å². The van der Waals surface area contributed by atoms with Crippen LogP contribution in [0.3, 0.4) is 0 Å². The highest BCUT2D eigenvalue weighted by Gasteiger charge is 2.31. The van der Waals surface area contributed by atoms with Crippen LogP contribution in [0.25, 0.3) is 34.2 Å². The van der Waals surface area contributed by atoms with Crippen LogP contribution >= 0.6 is 0 Å². The second-order valence-corrected chi connectivity index (χ2v) is 9.90. The fraction of sp³-hybridized carbons (Fsp3) is 0.121. The Bertz CT molecular complexity index is 1870.